The zero-order valence-electron chi connectivity index (χ0n) is 17.6. The lowest BCUT2D eigenvalue weighted by Crippen LogP contribution is -2.58. The van der Waals surface area contributed by atoms with Gasteiger partial charge in [-0.3, -0.25) is 4.79 Å². The highest BCUT2D eigenvalue weighted by Crippen LogP contribution is 2.46. The van der Waals surface area contributed by atoms with Crippen molar-refractivity contribution in [2.45, 2.75) is 56.5 Å². The van der Waals surface area contributed by atoms with Gasteiger partial charge in [-0.25, -0.2) is 18.0 Å². The number of nitrogens with two attached hydrogens (primary N) is 2. The first-order chi connectivity index (χ1) is 15.0. The number of carboxylic acid groups (broad SMARTS) is 1. The highest BCUT2D eigenvalue weighted by molar-refractivity contribution is 6.01. The molecule has 0 spiro atoms. The fourth-order valence-corrected chi connectivity index (χ4v) is 5.54. The van der Waals surface area contributed by atoms with Crippen LogP contribution in [0.5, 0.6) is 0 Å². The minimum atomic E-state index is -1.48. The van der Waals surface area contributed by atoms with E-state index in [2.05, 4.69) is 0 Å². The first kappa shape index (κ1) is 21.1. The van der Waals surface area contributed by atoms with Crippen molar-refractivity contribution in [1.29, 1.82) is 0 Å². The van der Waals surface area contributed by atoms with Gasteiger partial charge in [-0.2, -0.15) is 0 Å². The van der Waals surface area contributed by atoms with Crippen LogP contribution >= 0.6 is 0 Å². The molecule has 3 fully saturated rings. The number of carboxylic acids is 1. The number of benzene rings is 1. The van der Waals surface area contributed by atoms with E-state index in [4.69, 9.17) is 11.5 Å². The lowest BCUT2D eigenvalue weighted by atomic mass is 9.67. The molecule has 3 aliphatic rings. The summed E-state index contributed by atoms with van der Waals surface area (Å²) < 4.78 is 44.4. The van der Waals surface area contributed by atoms with Crippen molar-refractivity contribution in [2.75, 3.05) is 23.7 Å². The van der Waals surface area contributed by atoms with E-state index >= 15 is 4.39 Å². The van der Waals surface area contributed by atoms with Crippen molar-refractivity contribution < 1.29 is 23.1 Å². The molecule has 0 amide bonds. The molecule has 2 heterocycles. The molecule has 5 N–H and O–H groups in total. The Labute approximate surface area is 181 Å². The highest BCUT2D eigenvalue weighted by Gasteiger charge is 2.49. The minimum absolute atomic E-state index is 0.0135. The third-order valence-corrected chi connectivity index (χ3v) is 7.45. The number of anilines is 2. The van der Waals surface area contributed by atoms with Crippen molar-refractivity contribution in [1.82, 2.24) is 4.57 Å². The summed E-state index contributed by atoms with van der Waals surface area (Å²) in [5.41, 5.74) is 10.7. The van der Waals surface area contributed by atoms with Crippen molar-refractivity contribution in [3.63, 3.8) is 0 Å². The maximum Gasteiger partial charge on any atom is 0.341 e. The number of aryl methyl sites for hydroxylation is 1. The Kier molecular flexibility index (Phi) is 4.53. The molecule has 0 bridgehead atoms. The number of alkyl halides is 2. The van der Waals surface area contributed by atoms with Crippen LogP contribution in [0.25, 0.3) is 10.9 Å². The number of carbonyl (C=O) groups is 1. The van der Waals surface area contributed by atoms with E-state index < -0.39 is 52.4 Å². The SMILES string of the molecule is Cc1c(N2CCC(C3(N)CC(F)C3)C2)c(F)c(N)c2c(=O)c(C(=O)O)cn(C3CC3F)c12. The van der Waals surface area contributed by atoms with Gasteiger partial charge in [-0.15, -0.1) is 0 Å². The first-order valence-corrected chi connectivity index (χ1v) is 10.7. The number of aromatic carboxylic acids is 1. The summed E-state index contributed by atoms with van der Waals surface area (Å²) >= 11 is 0. The number of halogens is 3. The molecule has 1 aromatic heterocycles. The molecular formula is C22H25F3N4O3. The number of hydrogen-bond donors (Lipinski definition) is 3. The van der Waals surface area contributed by atoms with Gasteiger partial charge in [0.25, 0.3) is 0 Å². The Balaban J connectivity index is 1.66. The molecule has 7 nitrogen and oxygen atoms in total. The quantitative estimate of drug-likeness (QED) is 0.617. The van der Waals surface area contributed by atoms with Crippen LogP contribution in [0.15, 0.2) is 11.0 Å². The Morgan fingerprint density at radius 1 is 1.31 bits per heavy atom. The van der Waals surface area contributed by atoms with E-state index in [9.17, 15) is 23.5 Å². The Morgan fingerprint density at radius 2 is 1.97 bits per heavy atom. The van der Waals surface area contributed by atoms with E-state index in [1.165, 1.54) is 4.57 Å². The van der Waals surface area contributed by atoms with Crippen molar-refractivity contribution in [3.8, 4) is 0 Å². The smallest absolute Gasteiger partial charge is 0.341 e. The third-order valence-electron chi connectivity index (χ3n) is 7.45. The summed E-state index contributed by atoms with van der Waals surface area (Å²) in [4.78, 5) is 26.3. The second-order valence-electron chi connectivity index (χ2n) is 9.50. The van der Waals surface area contributed by atoms with Crippen LogP contribution < -0.4 is 21.8 Å². The van der Waals surface area contributed by atoms with Gasteiger partial charge in [-0.1, -0.05) is 0 Å². The van der Waals surface area contributed by atoms with E-state index in [-0.39, 0.29) is 41.8 Å². The van der Waals surface area contributed by atoms with Gasteiger partial charge in [0.05, 0.1) is 28.3 Å². The van der Waals surface area contributed by atoms with Crippen LogP contribution in [-0.2, 0) is 0 Å². The lowest BCUT2D eigenvalue weighted by molar-refractivity contribution is 0.0581. The second kappa shape index (κ2) is 6.87. The summed E-state index contributed by atoms with van der Waals surface area (Å²) in [6.07, 6.45) is 0.442. The molecule has 3 atom stereocenters. The Bertz CT molecular complexity index is 1210. The number of nitrogen functional groups attached to an aromatic ring is 1. The van der Waals surface area contributed by atoms with Crippen molar-refractivity contribution >= 4 is 28.2 Å². The standard InChI is InChI=1S/C22H25F3N4O3/c1-9-18-15(20(30)12(21(31)32)8-29(18)14-4-13(14)24)17(26)16(25)19(9)28-3-2-10(7-28)22(27)5-11(23)6-22/h8,10-11,13-14H,2-7,26-27H2,1H3,(H,31,32). The largest absolute Gasteiger partial charge is 0.477 e. The number of pyridine rings is 1. The molecule has 1 aromatic carbocycles. The first-order valence-electron chi connectivity index (χ1n) is 10.7. The highest BCUT2D eigenvalue weighted by atomic mass is 19.1. The van der Waals surface area contributed by atoms with Crippen molar-refractivity contribution in [3.05, 3.63) is 33.4 Å². The van der Waals surface area contributed by atoms with E-state index in [1.807, 2.05) is 0 Å². The molecule has 32 heavy (non-hydrogen) atoms. The average Bonchev–Trinajstić information content (AvgIpc) is 3.22. The predicted molar refractivity (Wildman–Crippen MR) is 114 cm³/mol. The summed E-state index contributed by atoms with van der Waals surface area (Å²) in [5, 5.41) is 9.20. The minimum Gasteiger partial charge on any atom is -0.477 e. The van der Waals surface area contributed by atoms with Gasteiger partial charge >= 0.3 is 5.97 Å². The molecular weight excluding hydrogens is 425 g/mol. The normalized spacial score (nSPS) is 31.7. The average molecular weight is 450 g/mol. The number of hydrogen-bond acceptors (Lipinski definition) is 5. The third kappa shape index (κ3) is 2.92. The lowest BCUT2D eigenvalue weighted by Gasteiger charge is -2.45. The zero-order chi connectivity index (χ0) is 23.1. The topological polar surface area (TPSA) is 115 Å². The van der Waals surface area contributed by atoms with Crippen LogP contribution in [0.2, 0.25) is 0 Å². The number of fused-ring (bicyclic) bond motifs is 1. The van der Waals surface area contributed by atoms with E-state index in [1.54, 1.807) is 11.8 Å². The van der Waals surface area contributed by atoms with Gasteiger partial charge in [0.15, 0.2) is 5.82 Å². The number of rotatable bonds is 4. The van der Waals surface area contributed by atoms with Crippen LogP contribution in [0.4, 0.5) is 24.5 Å². The molecule has 2 aliphatic carbocycles. The van der Waals surface area contributed by atoms with Gasteiger partial charge < -0.3 is 26.0 Å². The van der Waals surface area contributed by atoms with E-state index in [0.29, 0.717) is 25.1 Å². The Hall–Kier alpha value is -2.75. The second-order valence-corrected chi connectivity index (χ2v) is 9.50. The summed E-state index contributed by atoms with van der Waals surface area (Å²) in [6.45, 7) is 2.52. The predicted octanol–water partition coefficient (Wildman–Crippen LogP) is 2.67. The molecule has 172 valence electrons. The fraction of sp³-hybridized carbons (Fsp3) is 0.545. The Morgan fingerprint density at radius 3 is 2.53 bits per heavy atom. The van der Waals surface area contributed by atoms with Crippen molar-refractivity contribution in [2.24, 2.45) is 11.7 Å². The number of aromatic nitrogens is 1. The van der Waals surface area contributed by atoms with Gasteiger partial charge in [0, 0.05) is 31.2 Å². The van der Waals surface area contributed by atoms with Crippen LogP contribution in [0.3, 0.4) is 0 Å². The monoisotopic (exact) mass is 450 g/mol. The molecule has 5 rings (SSSR count). The van der Waals surface area contributed by atoms with Gasteiger partial charge in [-0.05, 0) is 37.7 Å². The fourth-order valence-electron chi connectivity index (χ4n) is 5.54. The zero-order valence-corrected chi connectivity index (χ0v) is 17.6. The molecule has 10 heteroatoms. The summed E-state index contributed by atoms with van der Waals surface area (Å²) in [6, 6.07) is -0.636. The number of nitrogens with zero attached hydrogens (tertiary/aromatic N) is 2. The maximum absolute atomic E-state index is 15.5. The molecule has 0 radical (unpaired) electrons. The summed E-state index contributed by atoms with van der Waals surface area (Å²) in [5.74, 6) is -2.30. The summed E-state index contributed by atoms with van der Waals surface area (Å²) in [7, 11) is 0. The molecule has 1 saturated heterocycles. The van der Waals surface area contributed by atoms with E-state index in [0.717, 1.165) is 6.20 Å². The van der Waals surface area contributed by atoms with Gasteiger partial charge in [0.1, 0.15) is 17.9 Å². The molecule has 1 aliphatic heterocycles. The maximum atomic E-state index is 15.5. The molecule has 2 saturated carbocycles. The van der Waals surface area contributed by atoms with Gasteiger partial charge in [0.2, 0.25) is 5.43 Å². The van der Waals surface area contributed by atoms with Crippen LogP contribution in [0, 0.1) is 18.7 Å². The van der Waals surface area contributed by atoms with Crippen LogP contribution in [0.1, 0.15) is 47.6 Å². The van der Waals surface area contributed by atoms with Crippen LogP contribution in [-0.4, -0.2) is 46.6 Å². The molecule has 2 aromatic rings. The molecule has 3 unspecified atom stereocenters.